The number of hydrogen-bond donors (Lipinski definition) is 2. The Kier molecular flexibility index (Phi) is 16.3. The topological polar surface area (TPSA) is 146 Å². The molecule has 12 heteroatoms. The standard InChI is InChI=1S/C29H44ClN3O8/c1-3-38-16-17-39-15-14-33(2)26(34)13-12-24(31)27(35)41-28(36)25(19-21-8-5-4-6-9-21)32-29(37)40-20-22-10-7-11-23(30)18-22/h7,10-11,18,21,24-25H,3-6,8-9,12-17,19-20,31H2,1-2H3,(H,32,37)/t24-,25-/m0/s1. The highest BCUT2D eigenvalue weighted by Gasteiger charge is 2.31. The highest BCUT2D eigenvalue weighted by atomic mass is 35.5. The lowest BCUT2D eigenvalue weighted by molar-refractivity contribution is -0.162. The quantitative estimate of drug-likeness (QED) is 0.156. The molecule has 11 nitrogen and oxygen atoms in total. The molecule has 0 aliphatic heterocycles. The van der Waals surface area contributed by atoms with Crippen LogP contribution in [0, 0.1) is 5.92 Å². The van der Waals surface area contributed by atoms with Crippen molar-refractivity contribution >= 4 is 35.5 Å². The summed E-state index contributed by atoms with van der Waals surface area (Å²) in [6.45, 7) is 4.15. The molecule has 0 bridgehead atoms. The van der Waals surface area contributed by atoms with Crippen molar-refractivity contribution in [3.05, 3.63) is 34.9 Å². The summed E-state index contributed by atoms with van der Waals surface area (Å²) in [5.74, 6) is -1.86. The highest BCUT2D eigenvalue weighted by Crippen LogP contribution is 2.27. The molecular formula is C29H44ClN3O8. The van der Waals surface area contributed by atoms with Crippen molar-refractivity contribution in [1.29, 1.82) is 0 Å². The van der Waals surface area contributed by atoms with Crippen LogP contribution in [0.5, 0.6) is 0 Å². The van der Waals surface area contributed by atoms with E-state index in [1.54, 1.807) is 31.3 Å². The number of nitrogens with one attached hydrogen (secondary N) is 1. The van der Waals surface area contributed by atoms with Gasteiger partial charge in [-0.05, 0) is 43.4 Å². The largest absolute Gasteiger partial charge is 0.445 e. The highest BCUT2D eigenvalue weighted by molar-refractivity contribution is 6.30. The Balaban J connectivity index is 1.83. The average Bonchev–Trinajstić information content (AvgIpc) is 2.96. The zero-order valence-electron chi connectivity index (χ0n) is 24.1. The van der Waals surface area contributed by atoms with Gasteiger partial charge in [0.15, 0.2) is 0 Å². The fourth-order valence-corrected chi connectivity index (χ4v) is 4.67. The molecule has 1 aliphatic rings. The van der Waals surface area contributed by atoms with Gasteiger partial charge in [0.2, 0.25) is 5.91 Å². The lowest BCUT2D eigenvalue weighted by Gasteiger charge is -2.26. The van der Waals surface area contributed by atoms with E-state index in [-0.39, 0.29) is 31.3 Å². The van der Waals surface area contributed by atoms with Gasteiger partial charge in [-0.3, -0.25) is 4.79 Å². The zero-order valence-corrected chi connectivity index (χ0v) is 24.9. The van der Waals surface area contributed by atoms with Crippen molar-refractivity contribution < 1.29 is 38.1 Å². The average molecular weight is 598 g/mol. The third-order valence-corrected chi connectivity index (χ3v) is 7.11. The predicted molar refractivity (Wildman–Crippen MR) is 153 cm³/mol. The van der Waals surface area contributed by atoms with Crippen LogP contribution in [-0.2, 0) is 39.9 Å². The summed E-state index contributed by atoms with van der Waals surface area (Å²) < 4.78 is 20.9. The maximum absolute atomic E-state index is 13.0. The van der Waals surface area contributed by atoms with Crippen molar-refractivity contribution in [3.63, 3.8) is 0 Å². The first-order valence-electron chi connectivity index (χ1n) is 14.3. The number of likely N-dealkylation sites (N-methyl/N-ethyl adjacent to an activating group) is 1. The van der Waals surface area contributed by atoms with E-state index in [1.165, 1.54) is 4.90 Å². The molecule has 2 atom stereocenters. The van der Waals surface area contributed by atoms with Crippen molar-refractivity contribution in [2.75, 3.05) is 40.0 Å². The van der Waals surface area contributed by atoms with Gasteiger partial charge in [-0.25, -0.2) is 14.4 Å². The molecule has 230 valence electrons. The number of ether oxygens (including phenoxy) is 4. The molecule has 1 aromatic rings. The maximum atomic E-state index is 13.0. The number of rotatable bonds is 17. The van der Waals surface area contributed by atoms with E-state index in [4.69, 9.17) is 36.3 Å². The van der Waals surface area contributed by atoms with Gasteiger partial charge in [-0.15, -0.1) is 0 Å². The molecule has 2 amide bonds. The molecule has 0 saturated heterocycles. The minimum Gasteiger partial charge on any atom is -0.445 e. The summed E-state index contributed by atoms with van der Waals surface area (Å²) in [5.41, 5.74) is 6.62. The Labute approximate surface area is 247 Å². The number of hydrogen-bond acceptors (Lipinski definition) is 9. The molecule has 0 radical (unpaired) electrons. The molecular weight excluding hydrogens is 554 g/mol. The summed E-state index contributed by atoms with van der Waals surface area (Å²) in [7, 11) is 1.63. The Morgan fingerprint density at radius 3 is 2.51 bits per heavy atom. The lowest BCUT2D eigenvalue weighted by Crippen LogP contribution is -2.46. The van der Waals surface area contributed by atoms with Crippen molar-refractivity contribution in [2.45, 2.75) is 77.0 Å². The van der Waals surface area contributed by atoms with E-state index in [0.29, 0.717) is 50.0 Å². The van der Waals surface area contributed by atoms with Crippen LogP contribution in [0.3, 0.4) is 0 Å². The fraction of sp³-hybridized carbons (Fsp3) is 0.655. The van der Waals surface area contributed by atoms with Crippen LogP contribution in [-0.4, -0.2) is 80.9 Å². The van der Waals surface area contributed by atoms with E-state index in [0.717, 1.165) is 32.1 Å². The summed E-state index contributed by atoms with van der Waals surface area (Å²) in [5, 5.41) is 3.06. The predicted octanol–water partition coefficient (Wildman–Crippen LogP) is 3.59. The summed E-state index contributed by atoms with van der Waals surface area (Å²) >= 11 is 5.97. The molecule has 1 aliphatic carbocycles. The Morgan fingerprint density at radius 1 is 1.07 bits per heavy atom. The first-order valence-corrected chi connectivity index (χ1v) is 14.7. The minimum absolute atomic E-state index is 0.000512. The van der Waals surface area contributed by atoms with Gasteiger partial charge in [-0.2, -0.15) is 0 Å². The van der Waals surface area contributed by atoms with E-state index in [1.807, 2.05) is 6.92 Å². The van der Waals surface area contributed by atoms with E-state index < -0.39 is 30.1 Å². The zero-order chi connectivity index (χ0) is 30.0. The number of esters is 2. The fourth-order valence-electron chi connectivity index (χ4n) is 4.45. The number of alkyl carbamates (subject to hydrolysis) is 1. The molecule has 0 spiro atoms. The number of carbonyl (C=O) groups is 4. The number of nitrogens with zero attached hydrogens (tertiary/aromatic N) is 1. The van der Waals surface area contributed by atoms with Crippen molar-refractivity contribution in [3.8, 4) is 0 Å². The van der Waals surface area contributed by atoms with Crippen molar-refractivity contribution in [1.82, 2.24) is 10.2 Å². The first-order chi connectivity index (χ1) is 19.7. The lowest BCUT2D eigenvalue weighted by atomic mass is 9.85. The van der Waals surface area contributed by atoms with Crippen LogP contribution in [0.2, 0.25) is 5.02 Å². The molecule has 3 N–H and O–H groups in total. The van der Waals surface area contributed by atoms with E-state index >= 15 is 0 Å². The van der Waals surface area contributed by atoms with Crippen LogP contribution in [0.15, 0.2) is 24.3 Å². The first kappa shape index (κ1) is 34.5. The summed E-state index contributed by atoms with van der Waals surface area (Å²) in [6.07, 6.45) is 4.56. The van der Waals surface area contributed by atoms with Gasteiger partial charge in [0.25, 0.3) is 0 Å². The van der Waals surface area contributed by atoms with Crippen LogP contribution < -0.4 is 11.1 Å². The second kappa shape index (κ2) is 19.4. The van der Waals surface area contributed by atoms with Crippen LogP contribution in [0.25, 0.3) is 0 Å². The van der Waals surface area contributed by atoms with E-state index in [2.05, 4.69) is 5.32 Å². The second-order valence-electron chi connectivity index (χ2n) is 10.2. The number of carbonyl (C=O) groups excluding carboxylic acids is 4. The molecule has 41 heavy (non-hydrogen) atoms. The van der Waals surface area contributed by atoms with E-state index in [9.17, 15) is 19.2 Å². The Morgan fingerprint density at radius 2 is 1.80 bits per heavy atom. The number of halogens is 1. The van der Waals surface area contributed by atoms with Crippen molar-refractivity contribution in [2.24, 2.45) is 11.7 Å². The Bertz CT molecular complexity index is 973. The SMILES string of the molecule is CCOCCOCCN(C)C(=O)CC[C@H](N)C(=O)OC(=O)[C@H](CC1CCCCC1)NC(=O)OCc1cccc(Cl)c1. The number of benzene rings is 1. The molecule has 0 heterocycles. The molecule has 1 fully saturated rings. The molecule has 0 unspecified atom stereocenters. The third-order valence-electron chi connectivity index (χ3n) is 6.88. The number of nitrogens with two attached hydrogens (primary N) is 1. The third kappa shape index (κ3) is 14.1. The van der Waals surface area contributed by atoms with Gasteiger partial charge in [0.1, 0.15) is 18.7 Å². The molecule has 0 aromatic heterocycles. The summed E-state index contributed by atoms with van der Waals surface area (Å²) in [4.78, 5) is 51.9. The minimum atomic E-state index is -1.18. The monoisotopic (exact) mass is 597 g/mol. The molecule has 1 aromatic carbocycles. The van der Waals surface area contributed by atoms with Crippen LogP contribution in [0.1, 0.15) is 63.9 Å². The van der Waals surface area contributed by atoms with Gasteiger partial charge in [-0.1, -0.05) is 55.8 Å². The Hall–Kier alpha value is -2.73. The normalized spacial score (nSPS) is 15.0. The number of amides is 2. The van der Waals surface area contributed by atoms with Crippen LogP contribution in [0.4, 0.5) is 4.79 Å². The van der Waals surface area contributed by atoms with Gasteiger partial charge in [0.05, 0.1) is 19.8 Å². The summed E-state index contributed by atoms with van der Waals surface area (Å²) in [6, 6.07) is 4.62. The van der Waals surface area contributed by atoms with Gasteiger partial charge in [0, 0.05) is 31.6 Å². The smallest absolute Gasteiger partial charge is 0.408 e. The molecule has 1 saturated carbocycles. The van der Waals surface area contributed by atoms with Crippen LogP contribution >= 0.6 is 11.6 Å². The second-order valence-corrected chi connectivity index (χ2v) is 10.6. The van der Waals surface area contributed by atoms with Gasteiger partial charge >= 0.3 is 18.0 Å². The molecule has 2 rings (SSSR count). The van der Waals surface area contributed by atoms with Gasteiger partial charge < -0.3 is 34.9 Å². The maximum Gasteiger partial charge on any atom is 0.408 e.